The highest BCUT2D eigenvalue weighted by atomic mass is 16.5. The van der Waals surface area contributed by atoms with E-state index < -0.39 is 6.04 Å². The zero-order valence-electron chi connectivity index (χ0n) is 24.3. The van der Waals surface area contributed by atoms with Crippen LogP contribution in [-0.2, 0) is 38.2 Å². The van der Waals surface area contributed by atoms with Gasteiger partial charge in [-0.05, 0) is 96.3 Å². The minimum Gasteiger partial charge on any atom is -0.466 e. The number of esters is 2. The number of nitrogens with one attached hydrogen (secondary N) is 2. The van der Waals surface area contributed by atoms with Gasteiger partial charge in [0.25, 0.3) is 0 Å². The summed E-state index contributed by atoms with van der Waals surface area (Å²) < 4.78 is 10.2. The van der Waals surface area contributed by atoms with E-state index >= 15 is 0 Å². The Morgan fingerprint density at radius 2 is 1.21 bits per heavy atom. The van der Waals surface area contributed by atoms with Gasteiger partial charge in [-0.1, -0.05) is 20.3 Å². The van der Waals surface area contributed by atoms with Crippen molar-refractivity contribution in [3.63, 3.8) is 0 Å². The van der Waals surface area contributed by atoms with Crippen LogP contribution in [0.4, 0.5) is 0 Å². The first kappa shape index (κ1) is 36.6. The lowest BCUT2D eigenvalue weighted by Crippen LogP contribution is -2.47. The zero-order valence-corrected chi connectivity index (χ0v) is 24.3. The van der Waals surface area contributed by atoms with Crippen LogP contribution in [0.1, 0.15) is 111 Å². The maximum atomic E-state index is 12.3. The molecule has 0 aromatic heterocycles. The first-order valence-electron chi connectivity index (χ1n) is 14.6. The highest BCUT2D eigenvalue weighted by molar-refractivity contribution is 5.82. The zero-order chi connectivity index (χ0) is 29.5. The van der Waals surface area contributed by atoms with Crippen molar-refractivity contribution in [3.05, 3.63) is 0 Å². The number of ether oxygens (including phenoxy) is 2. The van der Waals surface area contributed by atoms with Crippen molar-refractivity contribution >= 4 is 24.2 Å². The smallest absolute Gasteiger partial charge is 0.373 e. The highest BCUT2D eigenvalue weighted by Gasteiger charge is 2.31. The Kier molecular flexibility index (Phi) is 22.1. The molecule has 2 atom stereocenters. The third kappa shape index (κ3) is 17.0. The summed E-state index contributed by atoms with van der Waals surface area (Å²) in [6, 6.07) is 1.08. The molecule has 224 valence electrons. The van der Waals surface area contributed by atoms with E-state index in [1.165, 1.54) is 64.2 Å². The Morgan fingerprint density at radius 3 is 1.62 bits per heavy atom. The van der Waals surface area contributed by atoms with Gasteiger partial charge in [0.1, 0.15) is 6.04 Å². The molecule has 0 heterocycles. The van der Waals surface area contributed by atoms with Gasteiger partial charge < -0.3 is 20.1 Å². The Labute approximate surface area is 233 Å². The monoisotopic (exact) mass is 554 g/mol. The van der Waals surface area contributed by atoms with Gasteiger partial charge in [-0.25, -0.2) is 0 Å². The standard InChI is InChI=1S/C27H50N2O4.2CO2/c1-5-9-22(6-2)28-23-14-10-20(11-15-23)18-21-12-16-24(17-13-21)29-25(27(31)33-8-4)19-26(30)32-7-3;2*2-1-3/h20-25,28-29H,5-19H2,1-4H3;;. The lowest BCUT2D eigenvalue weighted by Gasteiger charge is -2.36. The van der Waals surface area contributed by atoms with E-state index in [1.807, 2.05) is 0 Å². The molecule has 0 aromatic carbocycles. The molecule has 2 aliphatic rings. The molecule has 2 saturated carbocycles. The van der Waals surface area contributed by atoms with Crippen molar-refractivity contribution in [1.29, 1.82) is 0 Å². The number of rotatable bonds is 14. The average Bonchev–Trinajstić information content (AvgIpc) is 2.91. The quantitative estimate of drug-likeness (QED) is 0.303. The summed E-state index contributed by atoms with van der Waals surface area (Å²) in [5.74, 6) is 0.983. The predicted molar refractivity (Wildman–Crippen MR) is 143 cm³/mol. The van der Waals surface area contributed by atoms with Crippen molar-refractivity contribution in [2.45, 2.75) is 135 Å². The Balaban J connectivity index is 0.00000220. The number of hydrogen-bond acceptors (Lipinski definition) is 10. The van der Waals surface area contributed by atoms with E-state index in [-0.39, 0.29) is 36.7 Å². The van der Waals surface area contributed by atoms with Crippen molar-refractivity contribution in [1.82, 2.24) is 10.6 Å². The summed E-state index contributed by atoms with van der Waals surface area (Å²) >= 11 is 0. The molecule has 0 spiro atoms. The average molecular weight is 555 g/mol. The molecule has 10 heteroatoms. The van der Waals surface area contributed by atoms with E-state index in [9.17, 15) is 9.59 Å². The van der Waals surface area contributed by atoms with E-state index in [0.29, 0.717) is 19.3 Å². The van der Waals surface area contributed by atoms with Crippen LogP contribution in [0.25, 0.3) is 0 Å². The summed E-state index contributed by atoms with van der Waals surface area (Å²) in [4.78, 5) is 56.8. The molecule has 0 radical (unpaired) electrons. The number of carbonyl (C=O) groups is 2. The van der Waals surface area contributed by atoms with E-state index in [2.05, 4.69) is 24.5 Å². The topological polar surface area (TPSA) is 145 Å². The molecule has 2 N–H and O–H groups in total. The largest absolute Gasteiger partial charge is 0.466 e. The first-order chi connectivity index (χ1) is 18.8. The first-order valence-corrected chi connectivity index (χ1v) is 14.6. The second-order valence-electron chi connectivity index (χ2n) is 10.4. The van der Waals surface area contributed by atoms with Crippen LogP contribution < -0.4 is 10.6 Å². The minimum atomic E-state index is -0.604. The summed E-state index contributed by atoms with van der Waals surface area (Å²) in [6.45, 7) is 8.81. The molecule has 0 saturated heterocycles. The third-order valence-electron chi connectivity index (χ3n) is 7.65. The van der Waals surface area contributed by atoms with Gasteiger partial charge in [-0.15, -0.1) is 0 Å². The van der Waals surface area contributed by atoms with E-state index in [4.69, 9.17) is 28.7 Å². The van der Waals surface area contributed by atoms with Gasteiger partial charge in [0.2, 0.25) is 0 Å². The second kappa shape index (κ2) is 23.5. The van der Waals surface area contributed by atoms with Crippen molar-refractivity contribution < 1.29 is 38.2 Å². The van der Waals surface area contributed by atoms with Crippen LogP contribution in [0.15, 0.2) is 0 Å². The van der Waals surface area contributed by atoms with E-state index in [1.54, 1.807) is 13.8 Å². The van der Waals surface area contributed by atoms with Gasteiger partial charge in [-0.2, -0.15) is 19.2 Å². The lowest BCUT2D eigenvalue weighted by atomic mass is 9.75. The summed E-state index contributed by atoms with van der Waals surface area (Å²) in [5.41, 5.74) is 0. The van der Waals surface area contributed by atoms with Gasteiger partial charge in [0.15, 0.2) is 0 Å². The summed E-state index contributed by atoms with van der Waals surface area (Å²) in [6.07, 6.45) is 15.6. The Morgan fingerprint density at radius 1 is 0.744 bits per heavy atom. The molecule has 2 rings (SSSR count). The van der Waals surface area contributed by atoms with Crippen LogP contribution in [0.5, 0.6) is 0 Å². The lowest BCUT2D eigenvalue weighted by molar-refractivity contribution is -0.193. The molecular weight excluding hydrogens is 504 g/mol. The normalized spacial score (nSPS) is 23.7. The Bertz CT molecular complexity index is 707. The van der Waals surface area contributed by atoms with Gasteiger partial charge in [0, 0.05) is 18.1 Å². The van der Waals surface area contributed by atoms with Crippen molar-refractivity contribution in [3.8, 4) is 0 Å². The van der Waals surface area contributed by atoms with Crippen LogP contribution in [0, 0.1) is 11.8 Å². The van der Waals surface area contributed by atoms with Crippen LogP contribution in [0.3, 0.4) is 0 Å². The molecule has 0 aromatic rings. The maximum absolute atomic E-state index is 12.3. The second-order valence-corrected chi connectivity index (χ2v) is 10.4. The predicted octanol–water partition coefficient (Wildman–Crippen LogP) is 3.97. The SMILES string of the molecule is CCCC(CC)NC1CCC(CC2CCC(NC(CC(=O)OCC)C(=O)OCC)CC2)CC1.O=C=O.O=C=O. The molecule has 0 bridgehead atoms. The third-order valence-corrected chi connectivity index (χ3v) is 7.65. The molecule has 0 amide bonds. The maximum Gasteiger partial charge on any atom is 0.373 e. The Hall–Kier alpha value is -2.38. The fourth-order valence-electron chi connectivity index (χ4n) is 5.81. The molecule has 2 unspecified atom stereocenters. The van der Waals surface area contributed by atoms with Crippen molar-refractivity contribution in [2.24, 2.45) is 11.8 Å². The molecule has 39 heavy (non-hydrogen) atoms. The van der Waals surface area contributed by atoms with Crippen LogP contribution in [0.2, 0.25) is 0 Å². The van der Waals surface area contributed by atoms with Crippen molar-refractivity contribution in [2.75, 3.05) is 13.2 Å². The molecule has 0 aliphatic heterocycles. The summed E-state index contributed by atoms with van der Waals surface area (Å²) in [7, 11) is 0. The van der Waals surface area contributed by atoms with Crippen LogP contribution in [-0.4, -0.2) is 61.6 Å². The minimum absolute atomic E-state index is 0.0427. The molecular formula is C29H50N2O8. The van der Waals surface area contributed by atoms with Gasteiger partial charge in [0.05, 0.1) is 19.6 Å². The fraction of sp³-hybridized carbons (Fsp3) is 0.862. The molecule has 2 aliphatic carbocycles. The highest BCUT2D eigenvalue weighted by Crippen LogP contribution is 2.35. The molecule has 10 nitrogen and oxygen atoms in total. The molecule has 2 fully saturated rings. The number of carbonyl (C=O) groups excluding carboxylic acids is 6. The summed E-state index contributed by atoms with van der Waals surface area (Å²) in [5, 5.41) is 7.33. The van der Waals surface area contributed by atoms with E-state index in [0.717, 1.165) is 30.7 Å². The van der Waals surface area contributed by atoms with Gasteiger partial charge in [-0.3, -0.25) is 9.59 Å². The van der Waals surface area contributed by atoms with Crippen LogP contribution >= 0.6 is 0 Å². The number of hydrogen-bond donors (Lipinski definition) is 2. The fourth-order valence-corrected chi connectivity index (χ4v) is 5.81. The van der Waals surface area contributed by atoms with Gasteiger partial charge >= 0.3 is 24.2 Å².